The van der Waals surface area contributed by atoms with E-state index in [4.69, 9.17) is 5.11 Å². The largest absolute Gasteiger partial charge is 0.418 e. The normalized spacial score (nSPS) is 13.2. The molecule has 0 bridgehead atoms. The van der Waals surface area contributed by atoms with Crippen LogP contribution in [-0.4, -0.2) is 31.1 Å². The van der Waals surface area contributed by atoms with Gasteiger partial charge in [0.1, 0.15) is 6.29 Å². The fourth-order valence-electron chi connectivity index (χ4n) is 1.69. The van der Waals surface area contributed by atoms with Crippen LogP contribution in [0.2, 0.25) is 0 Å². The Morgan fingerprint density at radius 3 is 2.53 bits per heavy atom. The predicted molar refractivity (Wildman–Crippen MR) is 66.4 cm³/mol. The maximum atomic E-state index is 12.9. The lowest BCUT2D eigenvalue weighted by atomic mass is 10.1. The Bertz CT molecular complexity index is 444. The highest BCUT2D eigenvalue weighted by atomic mass is 19.4. The molecule has 0 aliphatic rings. The first-order valence-electron chi connectivity index (χ1n) is 5.81. The lowest BCUT2D eigenvalue weighted by Gasteiger charge is -2.24. The van der Waals surface area contributed by atoms with Crippen LogP contribution in [0.1, 0.15) is 29.3 Å². The van der Waals surface area contributed by atoms with Crippen LogP contribution in [0.4, 0.5) is 18.9 Å². The van der Waals surface area contributed by atoms with E-state index >= 15 is 0 Å². The SMILES string of the molecule is CC(O)CCN(C)c1ccc(C=O)cc1C(F)(F)F. The smallest absolute Gasteiger partial charge is 0.393 e. The van der Waals surface area contributed by atoms with Gasteiger partial charge in [-0.2, -0.15) is 13.2 Å². The van der Waals surface area contributed by atoms with Gasteiger partial charge in [-0.25, -0.2) is 0 Å². The summed E-state index contributed by atoms with van der Waals surface area (Å²) in [5.41, 5.74) is -0.857. The summed E-state index contributed by atoms with van der Waals surface area (Å²) >= 11 is 0. The van der Waals surface area contributed by atoms with E-state index in [2.05, 4.69) is 0 Å². The maximum Gasteiger partial charge on any atom is 0.418 e. The molecule has 0 aliphatic heterocycles. The van der Waals surface area contributed by atoms with E-state index in [0.29, 0.717) is 19.3 Å². The Hall–Kier alpha value is -1.56. The summed E-state index contributed by atoms with van der Waals surface area (Å²) in [5.74, 6) is 0. The first-order valence-corrected chi connectivity index (χ1v) is 5.81. The number of alkyl halides is 3. The molecule has 0 radical (unpaired) electrons. The Morgan fingerprint density at radius 1 is 1.42 bits per heavy atom. The second-order valence-corrected chi connectivity index (χ2v) is 4.45. The van der Waals surface area contributed by atoms with Crippen LogP contribution >= 0.6 is 0 Å². The Kier molecular flexibility index (Phi) is 4.94. The quantitative estimate of drug-likeness (QED) is 0.840. The topological polar surface area (TPSA) is 40.5 Å². The fourth-order valence-corrected chi connectivity index (χ4v) is 1.69. The number of aliphatic hydroxyl groups is 1. The van der Waals surface area contributed by atoms with Crippen LogP contribution in [0.25, 0.3) is 0 Å². The summed E-state index contributed by atoms with van der Waals surface area (Å²) in [6.45, 7) is 1.87. The summed E-state index contributed by atoms with van der Waals surface area (Å²) in [4.78, 5) is 12.0. The van der Waals surface area contributed by atoms with E-state index in [1.807, 2.05) is 0 Å². The summed E-state index contributed by atoms with van der Waals surface area (Å²) in [6.07, 6.45) is -4.35. The third-order valence-electron chi connectivity index (χ3n) is 2.76. The number of anilines is 1. The minimum atomic E-state index is -4.52. The molecule has 0 aliphatic carbocycles. The van der Waals surface area contributed by atoms with E-state index < -0.39 is 17.8 Å². The number of carbonyl (C=O) groups excluding carboxylic acids is 1. The number of aldehydes is 1. The van der Waals surface area contributed by atoms with Crippen molar-refractivity contribution < 1.29 is 23.1 Å². The third kappa shape index (κ3) is 4.24. The number of rotatable bonds is 5. The molecule has 3 nitrogen and oxygen atoms in total. The molecule has 0 saturated carbocycles. The van der Waals surface area contributed by atoms with Gasteiger partial charge in [-0.3, -0.25) is 4.79 Å². The molecule has 0 fully saturated rings. The molecule has 6 heteroatoms. The average Bonchev–Trinajstić information content (AvgIpc) is 2.34. The molecule has 106 valence electrons. The zero-order chi connectivity index (χ0) is 14.6. The van der Waals surface area contributed by atoms with Crippen molar-refractivity contribution in [3.8, 4) is 0 Å². The Morgan fingerprint density at radius 2 is 2.05 bits per heavy atom. The van der Waals surface area contributed by atoms with Crippen LogP contribution in [0.15, 0.2) is 18.2 Å². The minimum Gasteiger partial charge on any atom is -0.393 e. The molecule has 1 N–H and O–H groups in total. The van der Waals surface area contributed by atoms with Crippen molar-refractivity contribution in [2.45, 2.75) is 25.6 Å². The van der Waals surface area contributed by atoms with Gasteiger partial charge in [-0.1, -0.05) is 0 Å². The molecule has 1 atom stereocenters. The summed E-state index contributed by atoms with van der Waals surface area (Å²) in [6, 6.07) is 3.45. The average molecular weight is 275 g/mol. The minimum absolute atomic E-state index is 0.00116. The number of benzene rings is 1. The molecular weight excluding hydrogens is 259 g/mol. The van der Waals surface area contributed by atoms with E-state index in [1.54, 1.807) is 6.92 Å². The standard InChI is InChI=1S/C13H16F3NO2/c1-9(19)5-6-17(2)12-4-3-10(8-18)7-11(12)13(14,15)16/h3-4,7-9,19H,5-6H2,1-2H3. The molecule has 1 rings (SSSR count). The lowest BCUT2D eigenvalue weighted by molar-refractivity contribution is -0.137. The van der Waals surface area contributed by atoms with Gasteiger partial charge in [0.2, 0.25) is 0 Å². The zero-order valence-corrected chi connectivity index (χ0v) is 10.7. The van der Waals surface area contributed by atoms with Gasteiger partial charge in [0.15, 0.2) is 0 Å². The van der Waals surface area contributed by atoms with Crippen LogP contribution in [-0.2, 0) is 6.18 Å². The highest BCUT2D eigenvalue weighted by molar-refractivity contribution is 5.77. The first-order chi connectivity index (χ1) is 8.75. The van der Waals surface area contributed by atoms with Crippen molar-refractivity contribution in [1.82, 2.24) is 0 Å². The van der Waals surface area contributed by atoms with E-state index in [-0.39, 0.29) is 11.3 Å². The van der Waals surface area contributed by atoms with Gasteiger partial charge in [0, 0.05) is 24.8 Å². The molecule has 0 aromatic heterocycles. The molecule has 0 saturated heterocycles. The molecular formula is C13H16F3NO2. The number of halogens is 3. The maximum absolute atomic E-state index is 12.9. The first kappa shape index (κ1) is 15.5. The molecule has 1 aromatic rings. The lowest BCUT2D eigenvalue weighted by Crippen LogP contribution is -2.24. The summed E-state index contributed by atoms with van der Waals surface area (Å²) < 4.78 is 38.8. The van der Waals surface area contributed by atoms with E-state index in [9.17, 15) is 18.0 Å². The van der Waals surface area contributed by atoms with Crippen LogP contribution in [0, 0.1) is 0 Å². The summed E-state index contributed by atoms with van der Waals surface area (Å²) in [7, 11) is 1.52. The van der Waals surface area contributed by atoms with Crippen molar-refractivity contribution in [1.29, 1.82) is 0 Å². The predicted octanol–water partition coefficient (Wildman–Crippen LogP) is 2.73. The van der Waals surface area contributed by atoms with Crippen LogP contribution < -0.4 is 4.90 Å². The third-order valence-corrected chi connectivity index (χ3v) is 2.76. The molecule has 0 heterocycles. The monoisotopic (exact) mass is 275 g/mol. The van der Waals surface area contributed by atoms with Crippen molar-refractivity contribution in [2.75, 3.05) is 18.5 Å². The van der Waals surface area contributed by atoms with Crippen molar-refractivity contribution in [2.24, 2.45) is 0 Å². The van der Waals surface area contributed by atoms with Gasteiger partial charge in [0.25, 0.3) is 0 Å². The van der Waals surface area contributed by atoms with Gasteiger partial charge >= 0.3 is 6.18 Å². The van der Waals surface area contributed by atoms with Gasteiger partial charge in [0.05, 0.1) is 11.7 Å². The van der Waals surface area contributed by atoms with Crippen LogP contribution in [0.3, 0.4) is 0 Å². The van der Waals surface area contributed by atoms with Crippen LogP contribution in [0.5, 0.6) is 0 Å². The molecule has 0 amide bonds. The van der Waals surface area contributed by atoms with Crippen molar-refractivity contribution in [3.05, 3.63) is 29.3 Å². The number of nitrogens with zero attached hydrogens (tertiary/aromatic N) is 1. The Balaban J connectivity index is 3.08. The Labute approximate surface area is 109 Å². The number of aliphatic hydroxyl groups excluding tert-OH is 1. The number of carbonyl (C=O) groups is 1. The molecule has 1 aromatic carbocycles. The molecule has 0 spiro atoms. The molecule has 1 unspecified atom stereocenters. The van der Waals surface area contributed by atoms with E-state index in [0.717, 1.165) is 6.07 Å². The zero-order valence-electron chi connectivity index (χ0n) is 10.7. The second kappa shape index (κ2) is 6.06. The van der Waals surface area contributed by atoms with Gasteiger partial charge in [-0.05, 0) is 31.5 Å². The number of hydrogen-bond acceptors (Lipinski definition) is 3. The van der Waals surface area contributed by atoms with E-state index in [1.165, 1.54) is 24.1 Å². The summed E-state index contributed by atoms with van der Waals surface area (Å²) in [5, 5.41) is 9.16. The van der Waals surface area contributed by atoms with Gasteiger partial charge in [-0.15, -0.1) is 0 Å². The van der Waals surface area contributed by atoms with Crippen molar-refractivity contribution >= 4 is 12.0 Å². The number of hydrogen-bond donors (Lipinski definition) is 1. The highest BCUT2D eigenvalue weighted by Gasteiger charge is 2.34. The fraction of sp³-hybridized carbons (Fsp3) is 0.462. The highest BCUT2D eigenvalue weighted by Crippen LogP contribution is 2.36. The van der Waals surface area contributed by atoms with Gasteiger partial charge < -0.3 is 10.0 Å². The second-order valence-electron chi connectivity index (χ2n) is 4.45. The molecule has 19 heavy (non-hydrogen) atoms. The van der Waals surface area contributed by atoms with Crippen molar-refractivity contribution in [3.63, 3.8) is 0 Å².